The standard InChI is InChI=1S/C10H25O3PSi/c1-6-11-15(12-7-2,13-8-3)9-10(4,5)14/h6-9,14H2,1-5H3. The molecule has 0 bridgehead atoms. The summed E-state index contributed by atoms with van der Waals surface area (Å²) in [5.41, 5.74) is 0. The van der Waals surface area contributed by atoms with Gasteiger partial charge in [0.05, 0.1) is 0 Å². The monoisotopic (exact) mass is 252 g/mol. The van der Waals surface area contributed by atoms with E-state index in [4.69, 9.17) is 13.3 Å². The molecule has 0 saturated carbocycles. The van der Waals surface area contributed by atoms with Gasteiger partial charge in [-0.05, 0) is 25.9 Å². The van der Waals surface area contributed by atoms with Gasteiger partial charge < -0.3 is 13.3 Å². The average Bonchev–Trinajstić information content (AvgIpc) is 2.01. The van der Waals surface area contributed by atoms with Gasteiger partial charge in [0.1, 0.15) is 0 Å². The maximum absolute atomic E-state index is 5.77. The molecule has 0 spiro atoms. The summed E-state index contributed by atoms with van der Waals surface area (Å²) in [7, 11) is 0.371. The molecule has 15 heavy (non-hydrogen) atoms. The van der Waals surface area contributed by atoms with Gasteiger partial charge in [-0.2, -0.15) is 0 Å². The molecule has 0 aliphatic rings. The average molecular weight is 252 g/mol. The Kier molecular flexibility index (Phi) is 7.22. The van der Waals surface area contributed by atoms with Gasteiger partial charge in [0.25, 0.3) is 0 Å². The highest BCUT2D eigenvalue weighted by Crippen LogP contribution is 2.30. The molecule has 0 aromatic carbocycles. The SMILES string of the molecule is CCO[Si](CC(C)(C)P)(OCC)OCC. The van der Waals surface area contributed by atoms with E-state index >= 15 is 0 Å². The van der Waals surface area contributed by atoms with Crippen LogP contribution in [0.25, 0.3) is 0 Å². The first kappa shape index (κ1) is 15.5. The van der Waals surface area contributed by atoms with Crippen LogP contribution in [0.1, 0.15) is 34.6 Å². The highest BCUT2D eigenvalue weighted by molar-refractivity contribution is 7.19. The third kappa shape index (κ3) is 6.64. The van der Waals surface area contributed by atoms with Gasteiger partial charge in [0.2, 0.25) is 0 Å². The molecule has 5 heteroatoms. The normalized spacial score (nSPS) is 13.2. The fourth-order valence-electron chi connectivity index (χ4n) is 1.50. The smallest absolute Gasteiger partial charge is 0.374 e. The molecule has 0 heterocycles. The van der Waals surface area contributed by atoms with E-state index in [1.54, 1.807) is 0 Å². The summed E-state index contributed by atoms with van der Waals surface area (Å²) in [6.45, 7) is 12.2. The lowest BCUT2D eigenvalue weighted by molar-refractivity contribution is 0.0695. The van der Waals surface area contributed by atoms with Crippen molar-refractivity contribution in [3.63, 3.8) is 0 Å². The molecule has 0 aromatic rings. The second-order valence-corrected chi connectivity index (χ2v) is 8.30. The molecule has 3 nitrogen and oxygen atoms in total. The van der Waals surface area contributed by atoms with Gasteiger partial charge in [-0.3, -0.25) is 0 Å². The largest absolute Gasteiger partial charge is 0.501 e. The van der Waals surface area contributed by atoms with Gasteiger partial charge in [0.15, 0.2) is 0 Å². The summed E-state index contributed by atoms with van der Waals surface area (Å²) in [5.74, 6) is 0. The molecule has 0 aliphatic carbocycles. The van der Waals surface area contributed by atoms with Crippen LogP contribution in [0.5, 0.6) is 0 Å². The second kappa shape index (κ2) is 6.97. The Morgan fingerprint density at radius 1 is 0.933 bits per heavy atom. The fraction of sp³-hybridized carbons (Fsp3) is 1.00. The summed E-state index contributed by atoms with van der Waals surface area (Å²) < 4.78 is 17.3. The van der Waals surface area contributed by atoms with Crippen LogP contribution in [0.3, 0.4) is 0 Å². The summed E-state index contributed by atoms with van der Waals surface area (Å²) in [6.07, 6.45) is 0. The van der Waals surface area contributed by atoms with Gasteiger partial charge >= 0.3 is 8.80 Å². The first-order valence-electron chi connectivity index (χ1n) is 5.60. The molecular formula is C10H25O3PSi. The number of rotatable bonds is 8. The molecule has 0 amide bonds. The van der Waals surface area contributed by atoms with E-state index in [2.05, 4.69) is 23.1 Å². The predicted octanol–water partition coefficient (Wildman–Crippen LogP) is 2.69. The minimum absolute atomic E-state index is 0.0890. The van der Waals surface area contributed by atoms with Crippen molar-refractivity contribution >= 4 is 18.0 Å². The van der Waals surface area contributed by atoms with Crippen LogP contribution in [0, 0.1) is 0 Å². The lowest BCUT2D eigenvalue weighted by atomic mass is 10.2. The van der Waals surface area contributed by atoms with E-state index in [-0.39, 0.29) is 5.16 Å². The summed E-state index contributed by atoms with van der Waals surface area (Å²) >= 11 is 0. The Morgan fingerprint density at radius 3 is 1.47 bits per heavy atom. The molecular weight excluding hydrogens is 227 g/mol. The summed E-state index contributed by atoms with van der Waals surface area (Å²) in [4.78, 5) is 0. The molecule has 1 atom stereocenters. The van der Waals surface area contributed by atoms with Crippen LogP contribution in [0.4, 0.5) is 0 Å². The highest BCUT2D eigenvalue weighted by atomic mass is 31.0. The molecule has 0 saturated heterocycles. The second-order valence-electron chi connectivity index (χ2n) is 4.15. The number of hydrogen-bond acceptors (Lipinski definition) is 3. The Hall–Kier alpha value is 0.527. The zero-order valence-electron chi connectivity index (χ0n) is 10.6. The van der Waals surface area contributed by atoms with Crippen molar-refractivity contribution in [2.24, 2.45) is 0 Å². The third-order valence-corrected chi connectivity index (χ3v) is 5.91. The van der Waals surface area contributed by atoms with Crippen molar-refractivity contribution < 1.29 is 13.3 Å². The minimum atomic E-state index is -2.45. The van der Waals surface area contributed by atoms with Crippen molar-refractivity contribution in [3.8, 4) is 0 Å². The van der Waals surface area contributed by atoms with Crippen molar-refractivity contribution in [3.05, 3.63) is 0 Å². The van der Waals surface area contributed by atoms with E-state index in [0.717, 1.165) is 6.04 Å². The van der Waals surface area contributed by atoms with Crippen LogP contribution in [-0.4, -0.2) is 33.8 Å². The predicted molar refractivity (Wildman–Crippen MR) is 69.2 cm³/mol. The topological polar surface area (TPSA) is 27.7 Å². The van der Waals surface area contributed by atoms with Crippen LogP contribution in [-0.2, 0) is 13.3 Å². The summed E-state index contributed by atoms with van der Waals surface area (Å²) in [5, 5.41) is 0.0890. The first-order chi connectivity index (χ1) is 6.89. The van der Waals surface area contributed by atoms with Crippen molar-refractivity contribution in [1.29, 1.82) is 0 Å². The quantitative estimate of drug-likeness (QED) is 0.491. The molecule has 0 N–H and O–H groups in total. The molecule has 0 aliphatic heterocycles. The number of hydrogen-bond donors (Lipinski definition) is 0. The Morgan fingerprint density at radius 2 is 1.27 bits per heavy atom. The third-order valence-electron chi connectivity index (χ3n) is 1.76. The van der Waals surface area contributed by atoms with Crippen molar-refractivity contribution in [2.75, 3.05) is 19.8 Å². The summed E-state index contributed by atoms with van der Waals surface area (Å²) in [6, 6.07) is 0.834. The van der Waals surface area contributed by atoms with Crippen LogP contribution >= 0.6 is 9.24 Å². The van der Waals surface area contributed by atoms with Crippen LogP contribution < -0.4 is 0 Å². The maximum Gasteiger partial charge on any atom is 0.501 e. The first-order valence-corrected chi connectivity index (χ1v) is 8.10. The zero-order chi connectivity index (χ0) is 11.9. The lowest BCUT2D eigenvalue weighted by Gasteiger charge is -2.33. The van der Waals surface area contributed by atoms with E-state index in [1.807, 2.05) is 20.8 Å². The van der Waals surface area contributed by atoms with E-state index < -0.39 is 8.80 Å². The molecule has 1 unspecified atom stereocenters. The van der Waals surface area contributed by atoms with E-state index in [0.29, 0.717) is 19.8 Å². The van der Waals surface area contributed by atoms with Crippen LogP contribution in [0.15, 0.2) is 0 Å². The highest BCUT2D eigenvalue weighted by Gasteiger charge is 2.44. The minimum Gasteiger partial charge on any atom is -0.374 e. The van der Waals surface area contributed by atoms with Gasteiger partial charge in [-0.15, -0.1) is 9.24 Å². The fourth-order valence-corrected chi connectivity index (χ4v) is 5.24. The molecule has 0 radical (unpaired) electrons. The van der Waals surface area contributed by atoms with Gasteiger partial charge in [0, 0.05) is 25.9 Å². The molecule has 0 rings (SSSR count). The molecule has 0 aromatic heterocycles. The van der Waals surface area contributed by atoms with Crippen molar-refractivity contribution in [1.82, 2.24) is 0 Å². The van der Waals surface area contributed by atoms with Crippen LogP contribution in [0.2, 0.25) is 6.04 Å². The van der Waals surface area contributed by atoms with E-state index in [1.165, 1.54) is 0 Å². The molecule has 92 valence electrons. The molecule has 0 fully saturated rings. The Bertz CT molecular complexity index is 154. The lowest BCUT2D eigenvalue weighted by Crippen LogP contribution is -2.49. The van der Waals surface area contributed by atoms with E-state index in [9.17, 15) is 0 Å². The maximum atomic E-state index is 5.77. The van der Waals surface area contributed by atoms with Gasteiger partial charge in [-0.25, -0.2) is 0 Å². The zero-order valence-corrected chi connectivity index (χ0v) is 12.8. The Labute approximate surface area is 97.4 Å². The Balaban J connectivity index is 4.60. The van der Waals surface area contributed by atoms with Crippen molar-refractivity contribution in [2.45, 2.75) is 45.8 Å². The van der Waals surface area contributed by atoms with Gasteiger partial charge in [-0.1, -0.05) is 13.8 Å².